The number of ether oxygens (including phenoxy) is 1. The van der Waals surface area contributed by atoms with Crippen molar-refractivity contribution >= 4 is 34.2 Å². The topological polar surface area (TPSA) is 82.8 Å². The quantitative estimate of drug-likeness (QED) is 0.267. The van der Waals surface area contributed by atoms with Gasteiger partial charge in [0, 0.05) is 6.20 Å². The largest absolute Gasteiger partial charge is 0.504 e. The standard InChI is InChI=1S/C25H30INO4/c1-4-7-17(2)20(11-13-28)23(29)10-9-19(22-8-5-6-12-27-22)14-18-15-21(26)25(30)24(16-18)31-3/h5-6,8,11-12,14-16,23,28-30H,2,4,7,9-10,13H2,1,3H3/b19-14-,20-11-. The van der Waals surface area contributed by atoms with Crippen LogP contribution >= 0.6 is 22.6 Å². The minimum atomic E-state index is -0.729. The third-order valence-electron chi connectivity index (χ3n) is 4.92. The van der Waals surface area contributed by atoms with Crippen molar-refractivity contribution in [1.29, 1.82) is 0 Å². The van der Waals surface area contributed by atoms with Crippen molar-refractivity contribution in [1.82, 2.24) is 4.98 Å². The lowest BCUT2D eigenvalue weighted by atomic mass is 9.92. The first-order valence-electron chi connectivity index (χ1n) is 10.3. The van der Waals surface area contributed by atoms with Gasteiger partial charge in [0.1, 0.15) is 0 Å². The first-order chi connectivity index (χ1) is 14.9. The fourth-order valence-electron chi connectivity index (χ4n) is 3.37. The van der Waals surface area contributed by atoms with Gasteiger partial charge in [0.25, 0.3) is 0 Å². The molecule has 0 aliphatic heterocycles. The van der Waals surface area contributed by atoms with Crippen LogP contribution in [0, 0.1) is 3.57 Å². The maximum absolute atomic E-state index is 10.8. The van der Waals surface area contributed by atoms with Gasteiger partial charge in [-0.15, -0.1) is 0 Å². The van der Waals surface area contributed by atoms with Crippen LogP contribution in [0.3, 0.4) is 0 Å². The third kappa shape index (κ3) is 7.19. The van der Waals surface area contributed by atoms with Crippen LogP contribution in [0.1, 0.15) is 43.9 Å². The van der Waals surface area contributed by atoms with Crippen molar-refractivity contribution in [2.24, 2.45) is 0 Å². The molecule has 0 aliphatic rings. The zero-order chi connectivity index (χ0) is 22.8. The smallest absolute Gasteiger partial charge is 0.171 e. The second kappa shape index (κ2) is 12.6. The Morgan fingerprint density at radius 1 is 1.29 bits per heavy atom. The van der Waals surface area contributed by atoms with E-state index in [1.807, 2.05) is 30.3 Å². The molecule has 0 saturated heterocycles. The molecular formula is C25H30INO4. The van der Waals surface area contributed by atoms with Crippen molar-refractivity contribution in [3.63, 3.8) is 0 Å². The number of nitrogens with zero attached hydrogens (tertiary/aromatic N) is 1. The molecule has 1 unspecified atom stereocenters. The van der Waals surface area contributed by atoms with Crippen LogP contribution in [0.4, 0.5) is 0 Å². The molecule has 0 fully saturated rings. The van der Waals surface area contributed by atoms with Crippen molar-refractivity contribution < 1.29 is 20.1 Å². The fraction of sp³-hybridized carbons (Fsp3) is 0.320. The van der Waals surface area contributed by atoms with Gasteiger partial charge in [-0.25, -0.2) is 0 Å². The van der Waals surface area contributed by atoms with Gasteiger partial charge in [-0.2, -0.15) is 0 Å². The van der Waals surface area contributed by atoms with Crippen molar-refractivity contribution in [3.05, 3.63) is 75.2 Å². The number of aromatic nitrogens is 1. The molecular weight excluding hydrogens is 505 g/mol. The maximum Gasteiger partial charge on any atom is 0.171 e. The molecule has 1 atom stereocenters. The molecule has 0 bridgehead atoms. The summed E-state index contributed by atoms with van der Waals surface area (Å²) in [5, 5.41) is 30.3. The molecule has 2 rings (SSSR count). The Kier molecular flexibility index (Phi) is 10.2. The molecule has 0 saturated carbocycles. The Balaban J connectivity index is 2.34. The Morgan fingerprint density at radius 2 is 2.06 bits per heavy atom. The van der Waals surface area contributed by atoms with Gasteiger partial charge in [-0.1, -0.05) is 32.1 Å². The summed E-state index contributed by atoms with van der Waals surface area (Å²) in [6, 6.07) is 9.36. The number of benzene rings is 1. The van der Waals surface area contributed by atoms with Gasteiger partial charge in [0.2, 0.25) is 0 Å². The first kappa shape index (κ1) is 25.1. The summed E-state index contributed by atoms with van der Waals surface area (Å²) in [6.07, 6.45) is 7.37. The van der Waals surface area contributed by atoms with E-state index in [0.717, 1.165) is 35.2 Å². The molecule has 166 valence electrons. The molecule has 1 heterocycles. The number of rotatable bonds is 11. The zero-order valence-corrected chi connectivity index (χ0v) is 20.2. The SMILES string of the molecule is C=C(CCC)/C(=C/CO)C(O)CC/C(=C/c1cc(I)c(O)c(OC)c1)c1ccccn1. The predicted molar refractivity (Wildman–Crippen MR) is 134 cm³/mol. The van der Waals surface area contributed by atoms with E-state index in [1.54, 1.807) is 18.3 Å². The summed E-state index contributed by atoms with van der Waals surface area (Å²) in [6.45, 7) is 5.99. The summed E-state index contributed by atoms with van der Waals surface area (Å²) in [4.78, 5) is 4.48. The molecule has 0 aliphatic carbocycles. The average molecular weight is 535 g/mol. The van der Waals surface area contributed by atoms with Crippen LogP contribution in [0.25, 0.3) is 11.6 Å². The number of pyridine rings is 1. The number of hydrogen-bond acceptors (Lipinski definition) is 5. The minimum absolute atomic E-state index is 0.114. The summed E-state index contributed by atoms with van der Waals surface area (Å²) >= 11 is 2.07. The molecule has 5 nitrogen and oxygen atoms in total. The van der Waals surface area contributed by atoms with Gasteiger partial charge in [0.15, 0.2) is 11.5 Å². The van der Waals surface area contributed by atoms with Crippen LogP contribution in [-0.2, 0) is 0 Å². The van der Waals surface area contributed by atoms with Gasteiger partial charge in [-0.3, -0.25) is 4.98 Å². The van der Waals surface area contributed by atoms with E-state index in [-0.39, 0.29) is 12.4 Å². The molecule has 0 spiro atoms. The lowest BCUT2D eigenvalue weighted by molar-refractivity contribution is 0.202. The molecule has 0 radical (unpaired) electrons. The summed E-state index contributed by atoms with van der Waals surface area (Å²) < 4.78 is 5.97. The lowest BCUT2D eigenvalue weighted by Crippen LogP contribution is -2.13. The van der Waals surface area contributed by atoms with E-state index in [1.165, 1.54) is 7.11 Å². The molecule has 6 heteroatoms. The molecule has 1 aromatic heterocycles. The predicted octanol–water partition coefficient (Wildman–Crippen LogP) is 5.36. The second-order valence-electron chi connectivity index (χ2n) is 7.19. The Labute approximate surface area is 198 Å². The molecule has 1 aromatic carbocycles. The minimum Gasteiger partial charge on any atom is -0.504 e. The van der Waals surface area contributed by atoms with Crippen LogP contribution in [0.2, 0.25) is 0 Å². The van der Waals surface area contributed by atoms with Crippen LogP contribution < -0.4 is 4.74 Å². The van der Waals surface area contributed by atoms with Crippen LogP contribution in [0.5, 0.6) is 11.5 Å². The van der Waals surface area contributed by atoms with Crippen LogP contribution in [0.15, 0.2) is 60.3 Å². The molecule has 2 aromatic rings. The highest BCUT2D eigenvalue weighted by Gasteiger charge is 2.16. The highest BCUT2D eigenvalue weighted by molar-refractivity contribution is 14.1. The number of allylic oxidation sites excluding steroid dienone is 1. The number of halogens is 1. The van der Waals surface area contributed by atoms with E-state index in [0.29, 0.717) is 27.7 Å². The second-order valence-corrected chi connectivity index (χ2v) is 8.35. The monoisotopic (exact) mass is 535 g/mol. The number of aliphatic hydroxyl groups is 2. The van der Waals surface area contributed by atoms with E-state index < -0.39 is 6.10 Å². The number of phenols is 1. The van der Waals surface area contributed by atoms with Gasteiger partial charge in [-0.05, 0) is 94.5 Å². The van der Waals surface area contributed by atoms with Crippen LogP contribution in [-0.4, -0.2) is 40.1 Å². The van der Waals surface area contributed by atoms with Crippen molar-refractivity contribution in [3.8, 4) is 11.5 Å². The van der Waals surface area contributed by atoms with Crippen molar-refractivity contribution in [2.75, 3.05) is 13.7 Å². The summed E-state index contributed by atoms with van der Waals surface area (Å²) in [5.74, 6) is 0.519. The van der Waals surface area contributed by atoms with E-state index in [4.69, 9.17) is 4.74 Å². The van der Waals surface area contributed by atoms with E-state index in [2.05, 4.69) is 41.1 Å². The molecule has 0 amide bonds. The van der Waals surface area contributed by atoms with Gasteiger partial charge >= 0.3 is 0 Å². The van der Waals surface area contributed by atoms with Gasteiger partial charge in [0.05, 0.1) is 29.1 Å². The van der Waals surface area contributed by atoms with Crippen molar-refractivity contribution in [2.45, 2.75) is 38.7 Å². The normalized spacial score (nSPS) is 13.2. The number of aliphatic hydroxyl groups excluding tert-OH is 2. The Hall–Kier alpha value is -2.16. The highest BCUT2D eigenvalue weighted by atomic mass is 127. The number of aromatic hydroxyl groups is 1. The molecule has 31 heavy (non-hydrogen) atoms. The zero-order valence-electron chi connectivity index (χ0n) is 18.0. The number of hydrogen-bond donors (Lipinski definition) is 3. The summed E-state index contributed by atoms with van der Waals surface area (Å²) in [7, 11) is 1.52. The molecule has 3 N–H and O–H groups in total. The van der Waals surface area contributed by atoms with Gasteiger partial charge < -0.3 is 20.1 Å². The average Bonchev–Trinajstić information content (AvgIpc) is 2.77. The maximum atomic E-state index is 10.8. The third-order valence-corrected chi connectivity index (χ3v) is 5.75. The highest BCUT2D eigenvalue weighted by Crippen LogP contribution is 2.34. The number of phenolic OH excluding ortho intramolecular Hbond substituents is 1. The number of methoxy groups -OCH3 is 1. The Morgan fingerprint density at radius 3 is 2.68 bits per heavy atom. The van der Waals surface area contributed by atoms with E-state index in [9.17, 15) is 15.3 Å². The first-order valence-corrected chi connectivity index (χ1v) is 11.3. The fourth-order valence-corrected chi connectivity index (χ4v) is 3.99. The van der Waals surface area contributed by atoms with E-state index >= 15 is 0 Å². The lowest BCUT2D eigenvalue weighted by Gasteiger charge is -2.18. The Bertz CT molecular complexity index is 938. The summed E-state index contributed by atoms with van der Waals surface area (Å²) in [5.41, 5.74) is 4.19.